The molecule has 3 nitrogen and oxygen atoms in total. The standard InChI is InChI=1S/C15H18F3NO2/c1-9-5-6-12(8-13(9)20)19-14(21)10-3-2-4-11(7-10)15(16,17)18/h5-6,8,10-11,20H,2-4,7H2,1H3,(H,19,21). The highest BCUT2D eigenvalue weighted by molar-refractivity contribution is 5.92. The molecule has 0 spiro atoms. The van der Waals surface area contributed by atoms with Crippen molar-refractivity contribution >= 4 is 11.6 Å². The molecule has 2 unspecified atom stereocenters. The highest BCUT2D eigenvalue weighted by Crippen LogP contribution is 2.40. The summed E-state index contributed by atoms with van der Waals surface area (Å²) in [7, 11) is 0. The van der Waals surface area contributed by atoms with Crippen molar-refractivity contribution in [3.05, 3.63) is 23.8 Å². The fourth-order valence-electron chi connectivity index (χ4n) is 2.66. The minimum atomic E-state index is -4.24. The number of amides is 1. The molecule has 2 rings (SSSR count). The van der Waals surface area contributed by atoms with Crippen LogP contribution in [0.15, 0.2) is 18.2 Å². The van der Waals surface area contributed by atoms with E-state index in [0.29, 0.717) is 24.1 Å². The summed E-state index contributed by atoms with van der Waals surface area (Å²) in [6.45, 7) is 1.72. The van der Waals surface area contributed by atoms with Crippen LogP contribution in [0.25, 0.3) is 0 Å². The molecular weight excluding hydrogens is 283 g/mol. The van der Waals surface area contributed by atoms with E-state index in [4.69, 9.17) is 0 Å². The second-order valence-corrected chi connectivity index (χ2v) is 5.59. The zero-order chi connectivity index (χ0) is 15.6. The van der Waals surface area contributed by atoms with Gasteiger partial charge in [0.1, 0.15) is 5.75 Å². The third-order valence-electron chi connectivity index (χ3n) is 3.98. The van der Waals surface area contributed by atoms with Gasteiger partial charge in [-0.25, -0.2) is 0 Å². The summed E-state index contributed by atoms with van der Waals surface area (Å²) in [5, 5.41) is 12.2. The first-order chi connectivity index (χ1) is 9.77. The summed E-state index contributed by atoms with van der Waals surface area (Å²) < 4.78 is 38.2. The largest absolute Gasteiger partial charge is 0.508 e. The Morgan fingerprint density at radius 3 is 2.67 bits per heavy atom. The molecule has 0 bridgehead atoms. The molecule has 1 saturated carbocycles. The van der Waals surface area contributed by atoms with Gasteiger partial charge in [0.25, 0.3) is 0 Å². The van der Waals surface area contributed by atoms with E-state index in [1.807, 2.05) is 0 Å². The molecule has 21 heavy (non-hydrogen) atoms. The Balaban J connectivity index is 2.01. The Hall–Kier alpha value is -1.72. The highest BCUT2D eigenvalue weighted by Gasteiger charge is 2.43. The number of aryl methyl sites for hydroxylation is 1. The normalized spacial score (nSPS) is 22.9. The van der Waals surface area contributed by atoms with Gasteiger partial charge in [-0.1, -0.05) is 12.5 Å². The number of hydrogen-bond donors (Lipinski definition) is 2. The number of phenolic OH excluding ortho intramolecular Hbond substituents is 1. The predicted molar refractivity (Wildman–Crippen MR) is 73.0 cm³/mol. The van der Waals surface area contributed by atoms with Crippen molar-refractivity contribution in [2.75, 3.05) is 5.32 Å². The lowest BCUT2D eigenvalue weighted by Crippen LogP contribution is -2.34. The van der Waals surface area contributed by atoms with E-state index in [9.17, 15) is 23.1 Å². The molecule has 0 aromatic heterocycles. The van der Waals surface area contributed by atoms with Crippen molar-refractivity contribution in [2.24, 2.45) is 11.8 Å². The van der Waals surface area contributed by atoms with Crippen molar-refractivity contribution in [3.63, 3.8) is 0 Å². The first-order valence-corrected chi connectivity index (χ1v) is 6.94. The summed E-state index contributed by atoms with van der Waals surface area (Å²) >= 11 is 0. The van der Waals surface area contributed by atoms with E-state index in [2.05, 4.69) is 5.32 Å². The average molecular weight is 301 g/mol. The SMILES string of the molecule is Cc1ccc(NC(=O)C2CCCC(C(F)(F)F)C2)cc1O. The van der Waals surface area contributed by atoms with Crippen LogP contribution in [0.5, 0.6) is 5.75 Å². The Bertz CT molecular complexity index is 528. The smallest absolute Gasteiger partial charge is 0.391 e. The van der Waals surface area contributed by atoms with Crippen LogP contribution in [0.4, 0.5) is 18.9 Å². The van der Waals surface area contributed by atoms with Crippen LogP contribution in [0.2, 0.25) is 0 Å². The number of carbonyl (C=O) groups is 1. The van der Waals surface area contributed by atoms with Crippen molar-refractivity contribution in [2.45, 2.75) is 38.8 Å². The fraction of sp³-hybridized carbons (Fsp3) is 0.533. The van der Waals surface area contributed by atoms with E-state index in [-0.39, 0.29) is 18.6 Å². The molecule has 2 atom stereocenters. The topological polar surface area (TPSA) is 49.3 Å². The number of benzene rings is 1. The van der Waals surface area contributed by atoms with Crippen molar-refractivity contribution < 1.29 is 23.1 Å². The van der Waals surface area contributed by atoms with Gasteiger partial charge in [-0.15, -0.1) is 0 Å². The Labute approximate surface area is 121 Å². The molecule has 1 aromatic carbocycles. The molecule has 0 heterocycles. The lowest BCUT2D eigenvalue weighted by atomic mass is 9.80. The van der Waals surface area contributed by atoms with Gasteiger partial charge in [0.15, 0.2) is 0 Å². The molecule has 1 fully saturated rings. The van der Waals surface area contributed by atoms with Gasteiger partial charge in [0.05, 0.1) is 5.92 Å². The number of aromatic hydroxyl groups is 1. The number of anilines is 1. The lowest BCUT2D eigenvalue weighted by molar-refractivity contribution is -0.185. The van der Waals surface area contributed by atoms with Crippen LogP contribution in [0, 0.1) is 18.8 Å². The minimum Gasteiger partial charge on any atom is -0.508 e. The summed E-state index contributed by atoms with van der Waals surface area (Å²) in [5.74, 6) is -2.39. The van der Waals surface area contributed by atoms with Crippen molar-refractivity contribution in [1.82, 2.24) is 0 Å². The van der Waals surface area contributed by atoms with Crippen LogP contribution in [0.3, 0.4) is 0 Å². The predicted octanol–water partition coefficient (Wildman–Crippen LogP) is 4.01. The molecule has 1 amide bonds. The van der Waals surface area contributed by atoms with Crippen molar-refractivity contribution in [1.29, 1.82) is 0 Å². The van der Waals surface area contributed by atoms with E-state index < -0.39 is 23.9 Å². The van der Waals surface area contributed by atoms with Gasteiger partial charge in [0.2, 0.25) is 5.91 Å². The maximum absolute atomic E-state index is 12.7. The van der Waals surface area contributed by atoms with Gasteiger partial charge in [-0.2, -0.15) is 13.2 Å². The lowest BCUT2D eigenvalue weighted by Gasteiger charge is -2.29. The molecule has 1 aromatic rings. The number of rotatable bonds is 2. The van der Waals surface area contributed by atoms with Gasteiger partial charge in [0, 0.05) is 17.7 Å². The third kappa shape index (κ3) is 3.89. The zero-order valence-corrected chi connectivity index (χ0v) is 11.7. The maximum atomic E-state index is 12.7. The van der Waals surface area contributed by atoms with Gasteiger partial charge in [-0.3, -0.25) is 4.79 Å². The third-order valence-corrected chi connectivity index (χ3v) is 3.98. The number of hydrogen-bond acceptors (Lipinski definition) is 2. The first kappa shape index (κ1) is 15.7. The van der Waals surface area contributed by atoms with E-state index >= 15 is 0 Å². The maximum Gasteiger partial charge on any atom is 0.391 e. The van der Waals surface area contributed by atoms with Crippen molar-refractivity contribution in [3.8, 4) is 5.75 Å². The van der Waals surface area contributed by atoms with Gasteiger partial charge in [-0.05, 0) is 37.8 Å². The summed E-state index contributed by atoms with van der Waals surface area (Å²) in [6.07, 6.45) is -3.43. The first-order valence-electron chi connectivity index (χ1n) is 6.94. The van der Waals surface area contributed by atoms with Crippen LogP contribution in [-0.2, 0) is 4.79 Å². The second-order valence-electron chi connectivity index (χ2n) is 5.59. The van der Waals surface area contributed by atoms with Crippen LogP contribution >= 0.6 is 0 Å². The summed E-state index contributed by atoms with van der Waals surface area (Å²) in [6, 6.07) is 4.67. The Morgan fingerprint density at radius 1 is 1.33 bits per heavy atom. The molecular formula is C15H18F3NO2. The van der Waals surface area contributed by atoms with Crippen LogP contribution < -0.4 is 5.32 Å². The van der Waals surface area contributed by atoms with Crippen LogP contribution in [-0.4, -0.2) is 17.2 Å². The Kier molecular flexibility index (Phi) is 4.44. The van der Waals surface area contributed by atoms with Gasteiger partial charge < -0.3 is 10.4 Å². The molecule has 1 aliphatic carbocycles. The molecule has 0 saturated heterocycles. The number of phenols is 1. The molecule has 0 aliphatic heterocycles. The molecule has 6 heteroatoms. The molecule has 1 aliphatic rings. The zero-order valence-electron chi connectivity index (χ0n) is 11.7. The van der Waals surface area contributed by atoms with Crippen LogP contribution in [0.1, 0.15) is 31.2 Å². The average Bonchev–Trinajstić information content (AvgIpc) is 2.42. The highest BCUT2D eigenvalue weighted by atomic mass is 19.4. The summed E-state index contributed by atoms with van der Waals surface area (Å²) in [5.41, 5.74) is 1.07. The Morgan fingerprint density at radius 2 is 2.05 bits per heavy atom. The number of nitrogens with one attached hydrogen (secondary N) is 1. The number of alkyl halides is 3. The molecule has 116 valence electrons. The van der Waals surface area contributed by atoms with Gasteiger partial charge >= 0.3 is 6.18 Å². The molecule has 0 radical (unpaired) electrons. The fourth-order valence-corrected chi connectivity index (χ4v) is 2.66. The number of halogens is 3. The second kappa shape index (κ2) is 5.95. The van der Waals surface area contributed by atoms with E-state index in [1.54, 1.807) is 19.1 Å². The van der Waals surface area contributed by atoms with E-state index in [1.165, 1.54) is 6.07 Å². The molecule has 2 N–H and O–H groups in total. The monoisotopic (exact) mass is 301 g/mol. The minimum absolute atomic E-state index is 0.0459. The quantitative estimate of drug-likeness (QED) is 0.867. The summed E-state index contributed by atoms with van der Waals surface area (Å²) in [4.78, 5) is 12.1. The van der Waals surface area contributed by atoms with E-state index in [0.717, 1.165) is 0 Å². The number of carbonyl (C=O) groups excluding carboxylic acids is 1.